The molecule has 0 aromatic heterocycles. The van der Waals surface area contributed by atoms with Crippen molar-refractivity contribution in [3.63, 3.8) is 0 Å². The summed E-state index contributed by atoms with van der Waals surface area (Å²) in [5.41, 5.74) is 1.19. The summed E-state index contributed by atoms with van der Waals surface area (Å²) in [4.78, 5) is 13.2. The van der Waals surface area contributed by atoms with E-state index in [1.807, 2.05) is 53.1 Å². The molecular formula is C14H11FINOS. The zero-order chi connectivity index (χ0) is 13.8. The Morgan fingerprint density at radius 1 is 1.21 bits per heavy atom. The highest BCUT2D eigenvalue weighted by molar-refractivity contribution is 14.1. The average Bonchev–Trinajstić information content (AvgIpc) is 2.39. The Morgan fingerprint density at radius 2 is 1.89 bits per heavy atom. The van der Waals surface area contributed by atoms with Crippen LogP contribution in [0.5, 0.6) is 0 Å². The molecule has 2 aromatic rings. The molecule has 0 radical (unpaired) electrons. The van der Waals surface area contributed by atoms with Crippen molar-refractivity contribution >= 4 is 45.9 Å². The molecule has 1 amide bonds. The Balaban J connectivity index is 2.15. The van der Waals surface area contributed by atoms with Crippen LogP contribution in [-0.4, -0.2) is 12.2 Å². The third-order valence-electron chi connectivity index (χ3n) is 2.52. The van der Waals surface area contributed by atoms with Gasteiger partial charge in [0, 0.05) is 14.2 Å². The Morgan fingerprint density at radius 3 is 2.47 bits per heavy atom. The summed E-state index contributed by atoms with van der Waals surface area (Å²) < 4.78 is 13.6. The maximum Gasteiger partial charge on any atom is 0.256 e. The fraction of sp³-hybridized carbons (Fsp3) is 0.0714. The van der Waals surface area contributed by atoms with E-state index in [0.29, 0.717) is 9.13 Å². The first kappa shape index (κ1) is 14.3. The SMILES string of the molecule is CSc1ccc(NC(=O)c2ccc(F)cc2I)cc1. The first-order valence-corrected chi connectivity index (χ1v) is 7.81. The van der Waals surface area contributed by atoms with Crippen LogP contribution in [0.3, 0.4) is 0 Å². The van der Waals surface area contributed by atoms with Crippen LogP contribution < -0.4 is 5.32 Å². The molecular weight excluding hydrogens is 376 g/mol. The first-order chi connectivity index (χ1) is 9.10. The van der Waals surface area contributed by atoms with Gasteiger partial charge in [-0.05, 0) is 71.3 Å². The van der Waals surface area contributed by atoms with Crippen LogP contribution in [0.25, 0.3) is 0 Å². The van der Waals surface area contributed by atoms with Crippen molar-refractivity contribution in [3.8, 4) is 0 Å². The van der Waals surface area contributed by atoms with Gasteiger partial charge in [0.25, 0.3) is 5.91 Å². The van der Waals surface area contributed by atoms with Gasteiger partial charge in [0.05, 0.1) is 5.56 Å². The van der Waals surface area contributed by atoms with Crippen LogP contribution >= 0.6 is 34.4 Å². The van der Waals surface area contributed by atoms with E-state index < -0.39 is 0 Å². The Kier molecular flexibility index (Phi) is 4.81. The number of anilines is 1. The standard InChI is InChI=1S/C14H11FINOS/c1-19-11-5-3-10(4-6-11)17-14(18)12-7-2-9(15)8-13(12)16/h2-8H,1H3,(H,17,18). The fourth-order valence-electron chi connectivity index (χ4n) is 1.55. The van der Waals surface area contributed by atoms with Crippen molar-refractivity contribution in [2.45, 2.75) is 4.90 Å². The number of amides is 1. The van der Waals surface area contributed by atoms with Crippen LogP contribution in [0, 0.1) is 9.39 Å². The van der Waals surface area contributed by atoms with Gasteiger partial charge in [0.1, 0.15) is 5.82 Å². The quantitative estimate of drug-likeness (QED) is 0.625. The van der Waals surface area contributed by atoms with E-state index in [1.54, 1.807) is 11.8 Å². The van der Waals surface area contributed by atoms with Crippen LogP contribution in [0.4, 0.5) is 10.1 Å². The summed E-state index contributed by atoms with van der Waals surface area (Å²) >= 11 is 3.59. The van der Waals surface area contributed by atoms with Crippen LogP contribution in [0.1, 0.15) is 10.4 Å². The lowest BCUT2D eigenvalue weighted by Crippen LogP contribution is -2.13. The number of carbonyl (C=O) groups excluding carboxylic acids is 1. The van der Waals surface area contributed by atoms with E-state index in [4.69, 9.17) is 0 Å². The summed E-state index contributed by atoms with van der Waals surface area (Å²) in [6.07, 6.45) is 1.99. The molecule has 5 heteroatoms. The van der Waals surface area contributed by atoms with Crippen molar-refractivity contribution in [2.24, 2.45) is 0 Å². The summed E-state index contributed by atoms with van der Waals surface area (Å²) in [5, 5.41) is 2.79. The Bertz CT molecular complexity index is 601. The molecule has 2 aromatic carbocycles. The molecule has 2 rings (SSSR count). The van der Waals surface area contributed by atoms with Gasteiger partial charge in [-0.3, -0.25) is 4.79 Å². The van der Waals surface area contributed by atoms with Crippen LogP contribution in [-0.2, 0) is 0 Å². The molecule has 0 aliphatic rings. The molecule has 0 saturated carbocycles. The van der Waals surface area contributed by atoms with Crippen molar-refractivity contribution in [2.75, 3.05) is 11.6 Å². The Hall–Kier alpha value is -1.08. The smallest absolute Gasteiger partial charge is 0.256 e. The second-order valence-electron chi connectivity index (χ2n) is 3.81. The first-order valence-electron chi connectivity index (χ1n) is 5.50. The molecule has 0 unspecified atom stereocenters. The maximum absolute atomic E-state index is 13.0. The molecule has 0 bridgehead atoms. The van der Waals surface area contributed by atoms with Crippen LogP contribution in [0.15, 0.2) is 47.4 Å². The fourth-order valence-corrected chi connectivity index (χ4v) is 2.68. The highest BCUT2D eigenvalue weighted by Gasteiger charge is 2.10. The van der Waals surface area contributed by atoms with Crippen molar-refractivity contribution in [1.29, 1.82) is 0 Å². The zero-order valence-corrected chi connectivity index (χ0v) is 13.1. The van der Waals surface area contributed by atoms with Gasteiger partial charge < -0.3 is 5.32 Å². The third-order valence-corrected chi connectivity index (χ3v) is 4.16. The molecule has 1 N–H and O–H groups in total. The lowest BCUT2D eigenvalue weighted by molar-refractivity contribution is 0.102. The molecule has 2 nitrogen and oxygen atoms in total. The number of halogens is 2. The second-order valence-corrected chi connectivity index (χ2v) is 5.85. The molecule has 0 aliphatic heterocycles. The van der Waals surface area contributed by atoms with Crippen molar-refractivity contribution in [1.82, 2.24) is 0 Å². The third kappa shape index (κ3) is 3.70. The monoisotopic (exact) mass is 387 g/mol. The van der Waals surface area contributed by atoms with Gasteiger partial charge in [-0.25, -0.2) is 4.39 Å². The number of benzene rings is 2. The van der Waals surface area contributed by atoms with Gasteiger partial charge >= 0.3 is 0 Å². The van der Waals surface area contributed by atoms with Gasteiger partial charge in [-0.15, -0.1) is 11.8 Å². The topological polar surface area (TPSA) is 29.1 Å². The number of hydrogen-bond donors (Lipinski definition) is 1. The minimum atomic E-state index is -0.342. The van der Waals surface area contributed by atoms with Crippen molar-refractivity contribution in [3.05, 3.63) is 57.4 Å². The molecule has 0 saturated heterocycles. The molecule has 98 valence electrons. The van der Waals surface area contributed by atoms with Crippen LogP contribution in [0.2, 0.25) is 0 Å². The maximum atomic E-state index is 13.0. The number of carbonyl (C=O) groups is 1. The average molecular weight is 387 g/mol. The molecule has 19 heavy (non-hydrogen) atoms. The highest BCUT2D eigenvalue weighted by Crippen LogP contribution is 2.19. The predicted molar refractivity (Wildman–Crippen MR) is 85.3 cm³/mol. The number of hydrogen-bond acceptors (Lipinski definition) is 2. The summed E-state index contributed by atoms with van der Waals surface area (Å²) in [6.45, 7) is 0. The normalized spacial score (nSPS) is 10.3. The second kappa shape index (κ2) is 6.38. The van der Waals surface area contributed by atoms with Gasteiger partial charge in [0.15, 0.2) is 0 Å². The predicted octanol–water partition coefficient (Wildman–Crippen LogP) is 4.40. The lowest BCUT2D eigenvalue weighted by atomic mass is 10.2. The Labute approximate surface area is 128 Å². The summed E-state index contributed by atoms with van der Waals surface area (Å²) in [5.74, 6) is -0.577. The summed E-state index contributed by atoms with van der Waals surface area (Å²) in [6, 6.07) is 11.7. The van der Waals surface area contributed by atoms with Gasteiger partial charge in [-0.2, -0.15) is 0 Å². The van der Waals surface area contributed by atoms with E-state index in [2.05, 4.69) is 5.32 Å². The lowest BCUT2D eigenvalue weighted by Gasteiger charge is -2.07. The zero-order valence-electron chi connectivity index (χ0n) is 10.1. The summed E-state index contributed by atoms with van der Waals surface area (Å²) in [7, 11) is 0. The number of nitrogens with one attached hydrogen (secondary N) is 1. The molecule has 0 atom stereocenters. The molecule has 0 aliphatic carbocycles. The highest BCUT2D eigenvalue weighted by atomic mass is 127. The minimum Gasteiger partial charge on any atom is -0.322 e. The molecule has 0 spiro atoms. The van der Waals surface area contributed by atoms with E-state index in [9.17, 15) is 9.18 Å². The molecule has 0 heterocycles. The van der Waals surface area contributed by atoms with Gasteiger partial charge in [0.2, 0.25) is 0 Å². The van der Waals surface area contributed by atoms with Crippen molar-refractivity contribution < 1.29 is 9.18 Å². The van der Waals surface area contributed by atoms with E-state index in [1.165, 1.54) is 18.2 Å². The van der Waals surface area contributed by atoms with Gasteiger partial charge in [-0.1, -0.05) is 0 Å². The van der Waals surface area contributed by atoms with E-state index in [-0.39, 0.29) is 11.7 Å². The largest absolute Gasteiger partial charge is 0.322 e. The van der Waals surface area contributed by atoms with E-state index >= 15 is 0 Å². The number of thioether (sulfide) groups is 1. The number of rotatable bonds is 3. The minimum absolute atomic E-state index is 0.235. The molecule has 0 fully saturated rings. The van der Waals surface area contributed by atoms with E-state index in [0.717, 1.165) is 10.6 Å².